The van der Waals surface area contributed by atoms with E-state index in [4.69, 9.17) is 13.6 Å². The molecule has 2 heterocycles. The van der Waals surface area contributed by atoms with Crippen molar-refractivity contribution in [3.63, 3.8) is 0 Å². The number of nitrogens with zero attached hydrogens (tertiary/aromatic N) is 1. The lowest BCUT2D eigenvalue weighted by molar-refractivity contribution is 0.299. The smallest absolute Gasteiger partial charge is 0.419 e. The Morgan fingerprint density at radius 1 is 0.943 bits per heavy atom. The van der Waals surface area contributed by atoms with Gasteiger partial charge in [-0.25, -0.2) is 9.78 Å². The average molecular weight is 471 g/mol. The summed E-state index contributed by atoms with van der Waals surface area (Å²) in [4.78, 5) is 18.0. The van der Waals surface area contributed by atoms with Gasteiger partial charge in [0, 0.05) is 12.0 Å². The van der Waals surface area contributed by atoms with E-state index >= 15 is 0 Å². The molecule has 0 radical (unpaired) electrons. The maximum absolute atomic E-state index is 11.1. The highest BCUT2D eigenvalue weighted by molar-refractivity contribution is 5.86. The van der Waals surface area contributed by atoms with Crippen molar-refractivity contribution < 1.29 is 18.7 Å². The maximum atomic E-state index is 11.1. The Morgan fingerprint density at radius 3 is 2.49 bits per heavy atom. The van der Waals surface area contributed by atoms with Gasteiger partial charge in [-0.2, -0.15) is 0 Å². The van der Waals surface area contributed by atoms with Crippen LogP contribution in [-0.2, 0) is 19.4 Å². The summed E-state index contributed by atoms with van der Waals surface area (Å²) >= 11 is 0. The molecule has 0 saturated heterocycles. The summed E-state index contributed by atoms with van der Waals surface area (Å²) < 4.78 is 16.8. The SMILES string of the molecule is Cc1oc(-c2ccc3ccccc3c2)nc1COc1ccc(CCCCc2oc(=O)[nH]c2O)cc1. The van der Waals surface area contributed by atoms with Gasteiger partial charge in [0.25, 0.3) is 0 Å². The van der Waals surface area contributed by atoms with Gasteiger partial charge in [0.1, 0.15) is 23.8 Å². The molecule has 0 unspecified atom stereocenters. The Morgan fingerprint density at radius 2 is 1.71 bits per heavy atom. The highest BCUT2D eigenvalue weighted by Gasteiger charge is 2.13. The minimum atomic E-state index is -0.626. The number of hydrogen-bond donors (Lipinski definition) is 2. The van der Waals surface area contributed by atoms with Crippen LogP contribution in [0.4, 0.5) is 0 Å². The summed E-state index contributed by atoms with van der Waals surface area (Å²) in [5.74, 6) is 1.61. The van der Waals surface area contributed by atoms with Crippen molar-refractivity contribution in [3.05, 3.63) is 100 Å². The molecule has 7 heteroatoms. The number of nitrogens with one attached hydrogen (secondary N) is 1. The van der Waals surface area contributed by atoms with Crippen LogP contribution in [-0.4, -0.2) is 15.1 Å². The van der Waals surface area contributed by atoms with E-state index in [0.717, 1.165) is 47.4 Å². The molecule has 0 bridgehead atoms. The number of oxazole rings is 2. The molecule has 0 saturated carbocycles. The number of aromatic hydroxyl groups is 1. The molecule has 5 rings (SSSR count). The van der Waals surface area contributed by atoms with Crippen molar-refractivity contribution in [1.82, 2.24) is 9.97 Å². The molecule has 2 aromatic heterocycles. The highest BCUT2D eigenvalue weighted by atomic mass is 16.5. The summed E-state index contributed by atoms with van der Waals surface area (Å²) in [6.07, 6.45) is 3.11. The number of benzene rings is 3. The van der Waals surface area contributed by atoms with E-state index in [2.05, 4.69) is 34.2 Å². The predicted octanol–water partition coefficient (Wildman–Crippen LogP) is 5.93. The first-order chi connectivity index (χ1) is 17.0. The fraction of sp³-hybridized carbons (Fsp3) is 0.214. The van der Waals surface area contributed by atoms with Crippen LogP contribution in [0.2, 0.25) is 0 Å². The van der Waals surface area contributed by atoms with Crippen molar-refractivity contribution in [2.24, 2.45) is 0 Å². The molecule has 0 spiro atoms. The second-order valence-electron chi connectivity index (χ2n) is 8.51. The van der Waals surface area contributed by atoms with E-state index in [9.17, 15) is 9.90 Å². The number of aromatic nitrogens is 2. The van der Waals surface area contributed by atoms with Gasteiger partial charge in [0.2, 0.25) is 11.8 Å². The molecule has 5 aromatic rings. The Balaban J connectivity index is 1.14. The van der Waals surface area contributed by atoms with Gasteiger partial charge in [0.15, 0.2) is 5.76 Å². The third-order valence-corrected chi connectivity index (χ3v) is 6.01. The summed E-state index contributed by atoms with van der Waals surface area (Å²) in [7, 11) is 0. The van der Waals surface area contributed by atoms with Crippen molar-refractivity contribution in [1.29, 1.82) is 0 Å². The van der Waals surface area contributed by atoms with E-state index in [0.29, 0.717) is 24.7 Å². The average Bonchev–Trinajstić information content (AvgIpc) is 3.41. The Kier molecular flexibility index (Phi) is 6.39. The van der Waals surface area contributed by atoms with Crippen LogP contribution in [0, 0.1) is 6.92 Å². The minimum Gasteiger partial charge on any atom is -0.492 e. The number of fused-ring (bicyclic) bond motifs is 1. The Hall–Kier alpha value is -4.26. The molecule has 0 atom stereocenters. The fourth-order valence-corrected chi connectivity index (χ4v) is 4.05. The molecule has 0 aliphatic rings. The van der Waals surface area contributed by atoms with E-state index in [1.165, 1.54) is 10.9 Å². The van der Waals surface area contributed by atoms with Gasteiger partial charge in [-0.1, -0.05) is 42.5 Å². The molecule has 2 N–H and O–H groups in total. The van der Waals surface area contributed by atoms with Crippen LogP contribution >= 0.6 is 0 Å². The summed E-state index contributed by atoms with van der Waals surface area (Å²) in [6.45, 7) is 2.23. The first-order valence-electron chi connectivity index (χ1n) is 11.6. The number of H-pyrrole nitrogens is 1. The van der Waals surface area contributed by atoms with Crippen molar-refractivity contribution in [2.45, 2.75) is 39.2 Å². The quantitative estimate of drug-likeness (QED) is 0.259. The number of aromatic amines is 1. The molecule has 7 nitrogen and oxygen atoms in total. The second kappa shape index (κ2) is 9.93. The van der Waals surface area contributed by atoms with Gasteiger partial charge in [0.05, 0.1) is 0 Å². The van der Waals surface area contributed by atoms with Crippen LogP contribution in [0.15, 0.2) is 80.4 Å². The molecule has 3 aromatic carbocycles. The normalized spacial score (nSPS) is 11.2. The van der Waals surface area contributed by atoms with Crippen LogP contribution in [0.1, 0.15) is 35.6 Å². The first-order valence-corrected chi connectivity index (χ1v) is 11.6. The molecular formula is C28H26N2O5. The largest absolute Gasteiger partial charge is 0.492 e. The lowest BCUT2D eigenvalue weighted by Gasteiger charge is -2.06. The van der Waals surface area contributed by atoms with Crippen molar-refractivity contribution in [3.8, 4) is 23.1 Å². The number of unbranched alkanes of at least 4 members (excludes halogenated alkanes) is 1. The van der Waals surface area contributed by atoms with Crippen LogP contribution in [0.5, 0.6) is 11.6 Å². The molecule has 0 fully saturated rings. The second-order valence-corrected chi connectivity index (χ2v) is 8.51. The number of hydrogen-bond acceptors (Lipinski definition) is 6. The van der Waals surface area contributed by atoms with E-state index in [-0.39, 0.29) is 5.88 Å². The summed E-state index contributed by atoms with van der Waals surface area (Å²) in [5.41, 5.74) is 2.90. The molecular weight excluding hydrogens is 444 g/mol. The van der Waals surface area contributed by atoms with Gasteiger partial charge in [-0.15, -0.1) is 0 Å². The summed E-state index contributed by atoms with van der Waals surface area (Å²) in [5, 5.41) is 11.9. The van der Waals surface area contributed by atoms with E-state index < -0.39 is 5.76 Å². The third kappa shape index (κ3) is 5.30. The number of aryl methyl sites for hydroxylation is 3. The minimum absolute atomic E-state index is 0.178. The van der Waals surface area contributed by atoms with Crippen LogP contribution in [0.3, 0.4) is 0 Å². The number of ether oxygens (including phenoxy) is 1. The monoisotopic (exact) mass is 470 g/mol. The van der Waals surface area contributed by atoms with Crippen molar-refractivity contribution in [2.75, 3.05) is 0 Å². The van der Waals surface area contributed by atoms with Crippen LogP contribution in [0.25, 0.3) is 22.2 Å². The zero-order valence-corrected chi connectivity index (χ0v) is 19.4. The lowest BCUT2D eigenvalue weighted by atomic mass is 10.1. The molecule has 0 amide bonds. The maximum Gasteiger partial charge on any atom is 0.419 e. The topological polar surface area (TPSA) is 101 Å². The zero-order valence-electron chi connectivity index (χ0n) is 19.4. The lowest BCUT2D eigenvalue weighted by Crippen LogP contribution is -1.98. The Bertz CT molecular complexity index is 1490. The summed E-state index contributed by atoms with van der Waals surface area (Å²) in [6, 6.07) is 22.4. The Labute approximate surface area is 202 Å². The third-order valence-electron chi connectivity index (χ3n) is 6.01. The van der Waals surface area contributed by atoms with E-state index in [1.54, 1.807) is 0 Å². The highest BCUT2D eigenvalue weighted by Crippen LogP contribution is 2.26. The van der Waals surface area contributed by atoms with Crippen molar-refractivity contribution >= 4 is 10.8 Å². The van der Waals surface area contributed by atoms with E-state index in [1.807, 2.05) is 49.4 Å². The van der Waals surface area contributed by atoms with Gasteiger partial charge in [-0.3, -0.25) is 4.98 Å². The van der Waals surface area contributed by atoms with Gasteiger partial charge >= 0.3 is 5.76 Å². The standard InChI is InChI=1S/C28H26N2O5/c1-18-24(29-27(34-18)22-13-12-20-7-3-4-8-21(20)16-22)17-33-23-14-10-19(11-15-23)6-2-5-9-25-26(31)30-28(32)35-25/h3-4,7-8,10-16,31H,2,5-6,9,17H2,1H3,(H,30,32). The molecule has 178 valence electrons. The van der Waals surface area contributed by atoms with Crippen LogP contribution < -0.4 is 10.5 Å². The van der Waals surface area contributed by atoms with Gasteiger partial charge < -0.3 is 18.7 Å². The zero-order chi connectivity index (χ0) is 24.2. The molecule has 0 aliphatic heterocycles. The molecule has 35 heavy (non-hydrogen) atoms. The predicted molar refractivity (Wildman–Crippen MR) is 133 cm³/mol. The number of rotatable bonds is 9. The van der Waals surface area contributed by atoms with Gasteiger partial charge in [-0.05, 0) is 66.8 Å². The first kappa shape index (κ1) is 22.5. The fourth-order valence-electron chi connectivity index (χ4n) is 4.05. The molecule has 0 aliphatic carbocycles.